The second kappa shape index (κ2) is 10.6. The van der Waals surface area contributed by atoms with Gasteiger partial charge in [-0.1, -0.05) is 19.9 Å². The molecule has 1 saturated carbocycles. The molecule has 0 atom stereocenters. The molecule has 1 aliphatic heterocycles. The van der Waals surface area contributed by atoms with Gasteiger partial charge in [0.25, 0.3) is 0 Å². The second-order valence-electron chi connectivity index (χ2n) is 8.28. The van der Waals surface area contributed by atoms with Gasteiger partial charge in [-0.15, -0.1) is 0 Å². The maximum Gasteiger partial charge on any atom is 0.191 e. The quantitative estimate of drug-likeness (QED) is 0.580. The Balaban J connectivity index is 1.62. The van der Waals surface area contributed by atoms with Crippen LogP contribution in [0, 0.1) is 11.8 Å². The fraction of sp³-hybridized carbons (Fsp3) is 0.727. The number of ether oxygens (including phenoxy) is 1. The predicted molar refractivity (Wildman–Crippen MR) is 116 cm³/mol. The number of hydrogen-bond acceptors (Lipinski definition) is 4. The summed E-state index contributed by atoms with van der Waals surface area (Å²) in [6.45, 7) is 11.7. The van der Waals surface area contributed by atoms with Gasteiger partial charge in [-0.25, -0.2) is 9.98 Å². The molecule has 28 heavy (non-hydrogen) atoms. The van der Waals surface area contributed by atoms with E-state index < -0.39 is 0 Å². The van der Waals surface area contributed by atoms with Crippen molar-refractivity contribution in [1.82, 2.24) is 15.6 Å². The Labute approximate surface area is 170 Å². The number of morpholine rings is 1. The summed E-state index contributed by atoms with van der Waals surface area (Å²) in [7, 11) is 0. The van der Waals surface area contributed by atoms with Crippen LogP contribution in [0.4, 0.5) is 5.82 Å². The standard InChI is InChI=1S/C22H37N5O/c1-4-23-22(26-20-9-7-18(8-10-20)17(2)3)25-16-19-6-5-11-24-21(19)27-12-14-28-15-13-27/h5-6,11,17-18,20H,4,7-10,12-16H2,1-3H3,(H2,23,25,26). The zero-order chi connectivity index (χ0) is 19.8. The maximum absolute atomic E-state index is 5.48. The molecule has 0 bridgehead atoms. The predicted octanol–water partition coefficient (Wildman–Crippen LogP) is 3.19. The fourth-order valence-corrected chi connectivity index (χ4v) is 4.22. The first-order chi connectivity index (χ1) is 13.7. The molecule has 2 fully saturated rings. The van der Waals surface area contributed by atoms with Crippen LogP contribution in [-0.4, -0.2) is 49.8 Å². The lowest BCUT2D eigenvalue weighted by Gasteiger charge is -2.32. The molecular formula is C22H37N5O. The average Bonchev–Trinajstić information content (AvgIpc) is 2.73. The van der Waals surface area contributed by atoms with Gasteiger partial charge in [0.1, 0.15) is 5.82 Å². The monoisotopic (exact) mass is 387 g/mol. The highest BCUT2D eigenvalue weighted by Gasteiger charge is 2.23. The van der Waals surface area contributed by atoms with Crippen molar-refractivity contribution in [3.63, 3.8) is 0 Å². The Hall–Kier alpha value is -1.82. The molecule has 3 rings (SSSR count). The molecule has 2 aliphatic rings. The Kier molecular flexibility index (Phi) is 7.95. The van der Waals surface area contributed by atoms with Crippen LogP contribution < -0.4 is 15.5 Å². The zero-order valence-electron chi connectivity index (χ0n) is 17.8. The number of guanidine groups is 1. The number of nitrogens with one attached hydrogen (secondary N) is 2. The van der Waals surface area contributed by atoms with Crippen molar-refractivity contribution in [2.45, 2.75) is 59.0 Å². The summed E-state index contributed by atoms with van der Waals surface area (Å²) >= 11 is 0. The van der Waals surface area contributed by atoms with Crippen LogP contribution in [0.5, 0.6) is 0 Å². The lowest BCUT2D eigenvalue weighted by molar-refractivity contribution is 0.122. The smallest absolute Gasteiger partial charge is 0.191 e. The van der Waals surface area contributed by atoms with Crippen molar-refractivity contribution < 1.29 is 4.74 Å². The van der Waals surface area contributed by atoms with E-state index in [2.05, 4.69) is 47.4 Å². The third-order valence-corrected chi connectivity index (χ3v) is 5.99. The Morgan fingerprint density at radius 3 is 2.68 bits per heavy atom. The molecule has 0 aromatic carbocycles. The van der Waals surface area contributed by atoms with E-state index in [4.69, 9.17) is 9.73 Å². The number of pyridine rings is 1. The van der Waals surface area contributed by atoms with Gasteiger partial charge in [0.15, 0.2) is 5.96 Å². The van der Waals surface area contributed by atoms with E-state index in [9.17, 15) is 0 Å². The molecule has 156 valence electrons. The summed E-state index contributed by atoms with van der Waals surface area (Å²) in [6.07, 6.45) is 6.98. The summed E-state index contributed by atoms with van der Waals surface area (Å²) in [5.41, 5.74) is 1.17. The van der Waals surface area contributed by atoms with Crippen LogP contribution in [0.25, 0.3) is 0 Å². The minimum absolute atomic E-state index is 0.528. The molecule has 6 heteroatoms. The minimum Gasteiger partial charge on any atom is -0.378 e. The van der Waals surface area contributed by atoms with E-state index in [0.29, 0.717) is 12.6 Å². The summed E-state index contributed by atoms with van der Waals surface area (Å²) < 4.78 is 5.48. The van der Waals surface area contributed by atoms with Crippen molar-refractivity contribution in [2.24, 2.45) is 16.8 Å². The van der Waals surface area contributed by atoms with Gasteiger partial charge < -0.3 is 20.3 Å². The molecule has 0 spiro atoms. The normalized spacial score (nSPS) is 23.7. The van der Waals surface area contributed by atoms with Crippen LogP contribution in [0.3, 0.4) is 0 Å². The molecule has 1 saturated heterocycles. The lowest BCUT2D eigenvalue weighted by atomic mass is 9.80. The van der Waals surface area contributed by atoms with Crippen LogP contribution in [0.2, 0.25) is 0 Å². The molecule has 1 aliphatic carbocycles. The molecule has 2 heterocycles. The SMILES string of the molecule is CCNC(=NCc1cccnc1N1CCOCC1)NC1CCC(C(C)C)CC1. The van der Waals surface area contributed by atoms with Crippen molar-refractivity contribution >= 4 is 11.8 Å². The number of hydrogen-bond donors (Lipinski definition) is 2. The van der Waals surface area contributed by atoms with Crippen molar-refractivity contribution in [3.8, 4) is 0 Å². The van der Waals surface area contributed by atoms with Crippen molar-refractivity contribution in [2.75, 3.05) is 37.7 Å². The highest BCUT2D eigenvalue weighted by atomic mass is 16.5. The molecule has 0 amide bonds. The van der Waals surface area contributed by atoms with Gasteiger partial charge in [0.2, 0.25) is 0 Å². The van der Waals surface area contributed by atoms with E-state index in [1.165, 1.54) is 31.2 Å². The van der Waals surface area contributed by atoms with E-state index in [1.54, 1.807) is 0 Å². The highest BCUT2D eigenvalue weighted by molar-refractivity contribution is 5.80. The van der Waals surface area contributed by atoms with Crippen LogP contribution in [0.15, 0.2) is 23.3 Å². The third kappa shape index (κ3) is 5.84. The number of aromatic nitrogens is 1. The first kappa shape index (κ1) is 20.9. The van der Waals surface area contributed by atoms with Crippen LogP contribution in [-0.2, 0) is 11.3 Å². The van der Waals surface area contributed by atoms with E-state index in [1.807, 2.05) is 12.3 Å². The largest absolute Gasteiger partial charge is 0.378 e. The van der Waals surface area contributed by atoms with Gasteiger partial charge >= 0.3 is 0 Å². The van der Waals surface area contributed by atoms with Crippen molar-refractivity contribution in [3.05, 3.63) is 23.9 Å². The number of rotatable bonds is 6. The van der Waals surface area contributed by atoms with Gasteiger partial charge in [0, 0.05) is 37.4 Å². The average molecular weight is 388 g/mol. The van der Waals surface area contributed by atoms with Crippen LogP contribution >= 0.6 is 0 Å². The summed E-state index contributed by atoms with van der Waals surface area (Å²) in [4.78, 5) is 11.8. The van der Waals surface area contributed by atoms with E-state index in [-0.39, 0.29) is 0 Å². The summed E-state index contributed by atoms with van der Waals surface area (Å²) in [5, 5.41) is 7.09. The molecular weight excluding hydrogens is 350 g/mol. The Morgan fingerprint density at radius 1 is 1.25 bits per heavy atom. The number of aliphatic imine (C=N–C) groups is 1. The molecule has 1 aromatic heterocycles. The van der Waals surface area contributed by atoms with E-state index >= 15 is 0 Å². The van der Waals surface area contributed by atoms with Gasteiger partial charge in [0.05, 0.1) is 19.8 Å². The van der Waals surface area contributed by atoms with Crippen molar-refractivity contribution in [1.29, 1.82) is 0 Å². The van der Waals surface area contributed by atoms with Crippen LogP contribution in [0.1, 0.15) is 52.0 Å². The second-order valence-corrected chi connectivity index (χ2v) is 8.28. The molecule has 6 nitrogen and oxygen atoms in total. The zero-order valence-corrected chi connectivity index (χ0v) is 17.8. The Morgan fingerprint density at radius 2 is 2.00 bits per heavy atom. The van der Waals surface area contributed by atoms with Gasteiger partial charge in [-0.2, -0.15) is 0 Å². The van der Waals surface area contributed by atoms with Gasteiger partial charge in [-0.3, -0.25) is 0 Å². The molecule has 2 N–H and O–H groups in total. The highest BCUT2D eigenvalue weighted by Crippen LogP contribution is 2.29. The summed E-state index contributed by atoms with van der Waals surface area (Å²) in [5.74, 6) is 3.64. The summed E-state index contributed by atoms with van der Waals surface area (Å²) in [6, 6.07) is 4.67. The first-order valence-corrected chi connectivity index (χ1v) is 11.0. The number of anilines is 1. The molecule has 0 radical (unpaired) electrons. The Bertz CT molecular complexity index is 619. The fourth-order valence-electron chi connectivity index (χ4n) is 4.22. The van der Waals surface area contributed by atoms with E-state index in [0.717, 1.165) is 56.5 Å². The maximum atomic E-state index is 5.48. The lowest BCUT2D eigenvalue weighted by Crippen LogP contribution is -2.45. The topological polar surface area (TPSA) is 61.8 Å². The van der Waals surface area contributed by atoms with Gasteiger partial charge in [-0.05, 0) is 50.5 Å². The third-order valence-electron chi connectivity index (χ3n) is 5.99. The molecule has 1 aromatic rings. The minimum atomic E-state index is 0.528. The first-order valence-electron chi connectivity index (χ1n) is 11.0. The molecule has 0 unspecified atom stereocenters. The number of nitrogens with zero attached hydrogens (tertiary/aromatic N) is 3.